The van der Waals surface area contributed by atoms with Crippen molar-refractivity contribution in [2.75, 3.05) is 26.2 Å². The molecule has 0 bridgehead atoms. The maximum atomic E-state index is 12.4. The number of hydrogen-bond donors (Lipinski definition) is 1. The number of likely N-dealkylation sites (tertiary alicyclic amines) is 1. The van der Waals surface area contributed by atoms with Crippen molar-refractivity contribution >= 4 is 17.2 Å². The largest absolute Gasteiger partial charge is 0.350 e. The van der Waals surface area contributed by atoms with E-state index in [0.717, 1.165) is 41.9 Å². The van der Waals surface area contributed by atoms with Gasteiger partial charge in [-0.05, 0) is 44.4 Å². The molecule has 0 unspecified atom stereocenters. The molecule has 1 aliphatic rings. The highest BCUT2D eigenvalue weighted by Gasteiger charge is 2.18. The van der Waals surface area contributed by atoms with Gasteiger partial charge in [-0.15, -0.1) is 11.3 Å². The SMILES string of the molecule is Cc1nc(-c2ccccn2)sc1C(=O)NCCN1CCC[C@@H](C)C1. The number of thiazole rings is 1. The van der Waals surface area contributed by atoms with Gasteiger partial charge >= 0.3 is 0 Å². The second kappa shape index (κ2) is 7.85. The molecule has 0 spiro atoms. The molecule has 2 aromatic rings. The van der Waals surface area contributed by atoms with Gasteiger partial charge in [0.15, 0.2) is 0 Å². The number of amides is 1. The Hall–Kier alpha value is -1.79. The van der Waals surface area contributed by atoms with Gasteiger partial charge in [0.2, 0.25) is 0 Å². The van der Waals surface area contributed by atoms with E-state index < -0.39 is 0 Å². The van der Waals surface area contributed by atoms with Crippen LogP contribution in [0.15, 0.2) is 24.4 Å². The number of carbonyl (C=O) groups is 1. The summed E-state index contributed by atoms with van der Waals surface area (Å²) in [5.74, 6) is 0.733. The number of carbonyl (C=O) groups excluding carboxylic acids is 1. The van der Waals surface area contributed by atoms with Crippen LogP contribution in [-0.4, -0.2) is 47.0 Å². The lowest BCUT2D eigenvalue weighted by Gasteiger charge is -2.30. The number of aromatic nitrogens is 2. The summed E-state index contributed by atoms with van der Waals surface area (Å²) < 4.78 is 0. The van der Waals surface area contributed by atoms with E-state index in [4.69, 9.17) is 0 Å². The molecule has 0 radical (unpaired) electrons. The molecule has 1 aliphatic heterocycles. The lowest BCUT2D eigenvalue weighted by molar-refractivity contribution is 0.0947. The minimum Gasteiger partial charge on any atom is -0.350 e. The van der Waals surface area contributed by atoms with Crippen molar-refractivity contribution in [2.45, 2.75) is 26.7 Å². The summed E-state index contributed by atoms with van der Waals surface area (Å²) in [6.45, 7) is 8.06. The third kappa shape index (κ3) is 4.19. The Kier molecular flexibility index (Phi) is 5.58. The third-order valence-electron chi connectivity index (χ3n) is 4.34. The molecule has 0 saturated carbocycles. The van der Waals surface area contributed by atoms with Crippen molar-refractivity contribution in [3.8, 4) is 10.7 Å². The number of aryl methyl sites for hydroxylation is 1. The predicted molar refractivity (Wildman–Crippen MR) is 97.3 cm³/mol. The zero-order chi connectivity index (χ0) is 16.9. The summed E-state index contributed by atoms with van der Waals surface area (Å²) in [6, 6.07) is 5.72. The molecule has 1 saturated heterocycles. The van der Waals surface area contributed by atoms with E-state index in [9.17, 15) is 4.79 Å². The monoisotopic (exact) mass is 344 g/mol. The number of pyridine rings is 1. The van der Waals surface area contributed by atoms with E-state index >= 15 is 0 Å². The molecule has 1 amide bonds. The Morgan fingerprint density at radius 2 is 2.33 bits per heavy atom. The second-order valence-corrected chi connectivity index (χ2v) is 7.45. The van der Waals surface area contributed by atoms with Gasteiger partial charge in [0.1, 0.15) is 9.88 Å². The van der Waals surface area contributed by atoms with E-state index in [0.29, 0.717) is 11.4 Å². The first-order valence-corrected chi connectivity index (χ1v) is 9.34. The van der Waals surface area contributed by atoms with Gasteiger partial charge in [-0.25, -0.2) is 4.98 Å². The summed E-state index contributed by atoms with van der Waals surface area (Å²) in [5.41, 5.74) is 1.58. The molecule has 1 atom stereocenters. The van der Waals surface area contributed by atoms with Crippen LogP contribution in [0.25, 0.3) is 10.7 Å². The van der Waals surface area contributed by atoms with Crippen LogP contribution in [0.3, 0.4) is 0 Å². The van der Waals surface area contributed by atoms with Crippen LogP contribution >= 0.6 is 11.3 Å². The van der Waals surface area contributed by atoms with Gasteiger partial charge in [-0.3, -0.25) is 9.78 Å². The van der Waals surface area contributed by atoms with E-state index in [1.54, 1.807) is 6.20 Å². The van der Waals surface area contributed by atoms with Crippen molar-refractivity contribution in [1.82, 2.24) is 20.2 Å². The fraction of sp³-hybridized carbons (Fsp3) is 0.500. The molecule has 0 aromatic carbocycles. The Morgan fingerprint density at radius 1 is 1.46 bits per heavy atom. The summed E-state index contributed by atoms with van der Waals surface area (Å²) in [7, 11) is 0. The quantitative estimate of drug-likeness (QED) is 0.906. The fourth-order valence-electron chi connectivity index (χ4n) is 3.10. The topological polar surface area (TPSA) is 58.1 Å². The maximum absolute atomic E-state index is 12.4. The molecule has 2 aromatic heterocycles. The first kappa shape index (κ1) is 17.0. The first-order chi connectivity index (χ1) is 11.6. The molecule has 0 aliphatic carbocycles. The minimum atomic E-state index is -0.0303. The van der Waals surface area contributed by atoms with Crippen LogP contribution in [0, 0.1) is 12.8 Å². The van der Waals surface area contributed by atoms with E-state index in [2.05, 4.69) is 27.1 Å². The second-order valence-electron chi connectivity index (χ2n) is 6.45. The van der Waals surface area contributed by atoms with Gasteiger partial charge in [0.25, 0.3) is 5.91 Å². The number of piperidine rings is 1. The highest BCUT2D eigenvalue weighted by atomic mass is 32.1. The average molecular weight is 344 g/mol. The highest BCUT2D eigenvalue weighted by Crippen LogP contribution is 2.26. The van der Waals surface area contributed by atoms with Gasteiger partial charge in [0, 0.05) is 25.8 Å². The third-order valence-corrected chi connectivity index (χ3v) is 5.52. The fourth-order valence-corrected chi connectivity index (χ4v) is 4.06. The standard InChI is InChI=1S/C18H24N4OS/c1-13-6-5-10-22(12-13)11-9-20-17(23)16-14(2)21-18(24-16)15-7-3-4-8-19-15/h3-4,7-8,13H,5-6,9-12H2,1-2H3,(H,20,23)/t13-/m1/s1. The summed E-state index contributed by atoms with van der Waals surface area (Å²) in [5, 5.41) is 3.83. The summed E-state index contributed by atoms with van der Waals surface area (Å²) >= 11 is 1.41. The maximum Gasteiger partial charge on any atom is 0.263 e. The molecule has 3 rings (SSSR count). The summed E-state index contributed by atoms with van der Waals surface area (Å²) in [4.78, 5) is 24.4. The van der Waals surface area contributed by atoms with Crippen LogP contribution in [0.1, 0.15) is 35.1 Å². The Balaban J connectivity index is 1.56. The molecule has 128 valence electrons. The van der Waals surface area contributed by atoms with Gasteiger partial charge in [-0.1, -0.05) is 13.0 Å². The molecule has 6 heteroatoms. The lowest BCUT2D eigenvalue weighted by Crippen LogP contribution is -2.40. The van der Waals surface area contributed by atoms with E-state index in [1.807, 2.05) is 25.1 Å². The number of nitrogens with zero attached hydrogens (tertiary/aromatic N) is 3. The van der Waals surface area contributed by atoms with Crippen LogP contribution in [0.4, 0.5) is 0 Å². The van der Waals surface area contributed by atoms with Gasteiger partial charge in [0.05, 0.1) is 11.4 Å². The molecular formula is C18H24N4OS. The molecule has 3 heterocycles. The van der Waals surface area contributed by atoms with Crippen molar-refractivity contribution in [2.24, 2.45) is 5.92 Å². The Bertz CT molecular complexity index is 686. The zero-order valence-electron chi connectivity index (χ0n) is 14.3. The molecule has 1 N–H and O–H groups in total. The normalized spacial score (nSPS) is 18.5. The van der Waals surface area contributed by atoms with Crippen LogP contribution in [0.2, 0.25) is 0 Å². The van der Waals surface area contributed by atoms with Crippen LogP contribution in [0.5, 0.6) is 0 Å². The van der Waals surface area contributed by atoms with Crippen LogP contribution < -0.4 is 5.32 Å². The van der Waals surface area contributed by atoms with Crippen molar-refractivity contribution in [3.63, 3.8) is 0 Å². The van der Waals surface area contributed by atoms with Crippen molar-refractivity contribution < 1.29 is 4.79 Å². The van der Waals surface area contributed by atoms with Crippen molar-refractivity contribution in [1.29, 1.82) is 0 Å². The molecular weight excluding hydrogens is 320 g/mol. The molecule has 24 heavy (non-hydrogen) atoms. The predicted octanol–water partition coefficient (Wildman–Crippen LogP) is 2.98. The average Bonchev–Trinajstić information content (AvgIpc) is 2.98. The smallest absolute Gasteiger partial charge is 0.263 e. The molecule has 1 fully saturated rings. The van der Waals surface area contributed by atoms with Crippen molar-refractivity contribution in [3.05, 3.63) is 35.0 Å². The van der Waals surface area contributed by atoms with Gasteiger partial charge in [-0.2, -0.15) is 0 Å². The van der Waals surface area contributed by atoms with E-state index in [-0.39, 0.29) is 5.91 Å². The van der Waals surface area contributed by atoms with Gasteiger partial charge < -0.3 is 10.2 Å². The number of nitrogens with one attached hydrogen (secondary N) is 1. The highest BCUT2D eigenvalue weighted by molar-refractivity contribution is 7.17. The Labute approximate surface area is 147 Å². The molecule has 5 nitrogen and oxygen atoms in total. The zero-order valence-corrected chi connectivity index (χ0v) is 15.1. The van der Waals surface area contributed by atoms with Crippen LogP contribution in [-0.2, 0) is 0 Å². The van der Waals surface area contributed by atoms with E-state index in [1.165, 1.54) is 24.2 Å². The number of rotatable bonds is 5. The lowest BCUT2D eigenvalue weighted by atomic mass is 10.0. The Morgan fingerprint density at radius 3 is 3.08 bits per heavy atom. The minimum absolute atomic E-state index is 0.0303. The number of hydrogen-bond acceptors (Lipinski definition) is 5. The first-order valence-electron chi connectivity index (χ1n) is 8.53. The summed E-state index contributed by atoms with van der Waals surface area (Å²) in [6.07, 6.45) is 4.32.